The number of benzene rings is 1. The Balaban J connectivity index is 1.97. The van der Waals surface area contributed by atoms with Gasteiger partial charge in [-0.25, -0.2) is 4.98 Å². The highest BCUT2D eigenvalue weighted by Gasteiger charge is 2.16. The van der Waals surface area contributed by atoms with Gasteiger partial charge in [0.25, 0.3) is 0 Å². The molecule has 0 saturated heterocycles. The number of aromatic nitrogens is 1. The van der Waals surface area contributed by atoms with Gasteiger partial charge < -0.3 is 13.9 Å². The van der Waals surface area contributed by atoms with Crippen molar-refractivity contribution in [3.8, 4) is 10.8 Å². The third-order valence-corrected chi connectivity index (χ3v) is 3.70. The first-order valence-corrected chi connectivity index (χ1v) is 6.69. The van der Waals surface area contributed by atoms with E-state index in [4.69, 9.17) is 13.9 Å². The molecule has 0 radical (unpaired) electrons. The summed E-state index contributed by atoms with van der Waals surface area (Å²) in [4.78, 5) is 4.49. The molecule has 0 aliphatic heterocycles. The van der Waals surface area contributed by atoms with Crippen LogP contribution in [0.4, 0.5) is 0 Å². The Hall–Kier alpha value is -1.69. The first-order chi connectivity index (χ1) is 9.31. The molecular formula is C14H13NO3S. The zero-order valence-electron chi connectivity index (χ0n) is 10.6. The molecule has 0 aliphatic carbocycles. The van der Waals surface area contributed by atoms with Crippen molar-refractivity contribution in [1.82, 2.24) is 4.98 Å². The molecule has 0 amide bonds. The maximum atomic E-state index is 5.78. The second-order valence-corrected chi connectivity index (χ2v) is 4.89. The lowest BCUT2D eigenvalue weighted by molar-refractivity contribution is -0.108. The van der Waals surface area contributed by atoms with Gasteiger partial charge in [0.1, 0.15) is 11.3 Å². The van der Waals surface area contributed by atoms with Crippen molar-refractivity contribution in [3.05, 3.63) is 41.4 Å². The summed E-state index contributed by atoms with van der Waals surface area (Å²) in [7, 11) is 3.18. The first-order valence-electron chi connectivity index (χ1n) is 5.82. The smallest absolute Gasteiger partial charge is 0.201 e. The minimum Gasteiger partial charge on any atom is -0.454 e. The van der Waals surface area contributed by atoms with Crippen LogP contribution in [0.25, 0.3) is 21.7 Å². The first kappa shape index (κ1) is 12.3. The Bertz CT molecular complexity index is 652. The summed E-state index contributed by atoms with van der Waals surface area (Å²) in [5.41, 5.74) is 1.62. The fraction of sp³-hybridized carbons (Fsp3) is 0.214. The van der Waals surface area contributed by atoms with Crippen LogP contribution in [0.3, 0.4) is 0 Å². The molecule has 98 valence electrons. The SMILES string of the molecule is COC(OC)c1csc(-c2cc3ccccc3o2)n1. The van der Waals surface area contributed by atoms with Gasteiger partial charge in [0, 0.05) is 25.0 Å². The molecule has 19 heavy (non-hydrogen) atoms. The van der Waals surface area contributed by atoms with E-state index in [0.29, 0.717) is 0 Å². The molecule has 0 unspecified atom stereocenters. The number of thiazole rings is 1. The largest absolute Gasteiger partial charge is 0.454 e. The fourth-order valence-corrected chi connectivity index (χ4v) is 2.70. The minimum absolute atomic E-state index is 0.436. The van der Waals surface area contributed by atoms with E-state index in [0.717, 1.165) is 27.4 Å². The van der Waals surface area contributed by atoms with Crippen molar-refractivity contribution in [2.24, 2.45) is 0 Å². The fourth-order valence-electron chi connectivity index (χ4n) is 1.93. The molecule has 3 rings (SSSR count). The summed E-state index contributed by atoms with van der Waals surface area (Å²) in [6.45, 7) is 0. The van der Waals surface area contributed by atoms with Crippen LogP contribution in [0.5, 0.6) is 0 Å². The number of rotatable bonds is 4. The van der Waals surface area contributed by atoms with Crippen molar-refractivity contribution in [1.29, 1.82) is 0 Å². The number of ether oxygens (including phenoxy) is 2. The summed E-state index contributed by atoms with van der Waals surface area (Å²) in [6.07, 6.45) is -0.436. The number of methoxy groups -OCH3 is 2. The summed E-state index contributed by atoms with van der Waals surface area (Å²) in [6, 6.07) is 9.90. The van der Waals surface area contributed by atoms with Gasteiger partial charge in [0.05, 0.1) is 0 Å². The van der Waals surface area contributed by atoms with E-state index in [-0.39, 0.29) is 0 Å². The van der Waals surface area contributed by atoms with Crippen LogP contribution in [0.1, 0.15) is 12.0 Å². The van der Waals surface area contributed by atoms with Gasteiger partial charge in [-0.3, -0.25) is 0 Å². The Morgan fingerprint density at radius 2 is 2.00 bits per heavy atom. The third-order valence-electron chi connectivity index (χ3n) is 2.83. The quantitative estimate of drug-likeness (QED) is 0.678. The van der Waals surface area contributed by atoms with E-state index < -0.39 is 6.29 Å². The van der Waals surface area contributed by atoms with Crippen molar-refractivity contribution >= 4 is 22.3 Å². The molecule has 0 atom stereocenters. The monoisotopic (exact) mass is 275 g/mol. The molecule has 2 heterocycles. The molecule has 0 saturated carbocycles. The van der Waals surface area contributed by atoms with E-state index in [1.54, 1.807) is 14.2 Å². The van der Waals surface area contributed by atoms with E-state index in [2.05, 4.69) is 4.98 Å². The van der Waals surface area contributed by atoms with Crippen LogP contribution in [-0.4, -0.2) is 19.2 Å². The second-order valence-electron chi connectivity index (χ2n) is 4.03. The lowest BCUT2D eigenvalue weighted by Gasteiger charge is -2.09. The minimum atomic E-state index is -0.436. The maximum Gasteiger partial charge on any atom is 0.201 e. The Kier molecular flexibility index (Phi) is 3.33. The number of para-hydroxylation sites is 1. The van der Waals surface area contributed by atoms with Gasteiger partial charge in [-0.05, 0) is 12.1 Å². The van der Waals surface area contributed by atoms with Gasteiger partial charge in [0.2, 0.25) is 6.29 Å². The van der Waals surface area contributed by atoms with Gasteiger partial charge in [-0.15, -0.1) is 11.3 Å². The van der Waals surface area contributed by atoms with Gasteiger partial charge >= 0.3 is 0 Å². The van der Waals surface area contributed by atoms with Crippen molar-refractivity contribution in [2.45, 2.75) is 6.29 Å². The van der Waals surface area contributed by atoms with Crippen LogP contribution in [-0.2, 0) is 9.47 Å². The molecule has 2 aromatic heterocycles. The van der Waals surface area contributed by atoms with Crippen molar-refractivity contribution in [3.63, 3.8) is 0 Å². The van der Waals surface area contributed by atoms with E-state index in [9.17, 15) is 0 Å². The number of furan rings is 1. The van der Waals surface area contributed by atoms with Crippen LogP contribution >= 0.6 is 11.3 Å². The van der Waals surface area contributed by atoms with Crippen molar-refractivity contribution < 1.29 is 13.9 Å². The summed E-state index contributed by atoms with van der Waals surface area (Å²) >= 11 is 1.51. The van der Waals surface area contributed by atoms with Gasteiger partial charge in [0.15, 0.2) is 10.8 Å². The van der Waals surface area contributed by atoms with Crippen LogP contribution in [0.15, 0.2) is 40.1 Å². The normalized spacial score (nSPS) is 11.5. The molecule has 0 aliphatic rings. The van der Waals surface area contributed by atoms with Gasteiger partial charge in [-0.2, -0.15) is 0 Å². The molecule has 0 spiro atoms. The Morgan fingerprint density at radius 3 is 2.74 bits per heavy atom. The highest BCUT2D eigenvalue weighted by atomic mass is 32.1. The number of hydrogen-bond donors (Lipinski definition) is 0. The molecule has 3 aromatic rings. The molecule has 1 aromatic carbocycles. The molecule has 0 bridgehead atoms. The standard InChI is InChI=1S/C14H13NO3S/c1-16-14(17-2)10-8-19-13(15-10)12-7-9-5-3-4-6-11(9)18-12/h3-8,14H,1-2H3. The predicted octanol–water partition coefficient (Wildman–Crippen LogP) is 3.85. The Morgan fingerprint density at radius 1 is 1.21 bits per heavy atom. The third kappa shape index (κ3) is 2.28. The summed E-state index contributed by atoms with van der Waals surface area (Å²) in [5.74, 6) is 0.767. The van der Waals surface area contributed by atoms with Crippen LogP contribution in [0.2, 0.25) is 0 Å². The van der Waals surface area contributed by atoms with E-state index in [1.807, 2.05) is 35.7 Å². The number of fused-ring (bicyclic) bond motifs is 1. The van der Waals surface area contributed by atoms with Crippen LogP contribution in [0, 0.1) is 0 Å². The average molecular weight is 275 g/mol. The summed E-state index contributed by atoms with van der Waals surface area (Å²) < 4.78 is 16.2. The highest BCUT2D eigenvalue weighted by Crippen LogP contribution is 2.31. The van der Waals surface area contributed by atoms with Gasteiger partial charge in [-0.1, -0.05) is 18.2 Å². The molecule has 4 nitrogen and oxygen atoms in total. The van der Waals surface area contributed by atoms with E-state index in [1.165, 1.54) is 11.3 Å². The van der Waals surface area contributed by atoms with E-state index >= 15 is 0 Å². The number of hydrogen-bond acceptors (Lipinski definition) is 5. The lowest BCUT2D eigenvalue weighted by Crippen LogP contribution is -2.03. The zero-order valence-corrected chi connectivity index (χ0v) is 11.4. The summed E-state index contributed by atoms with van der Waals surface area (Å²) in [5, 5.41) is 3.81. The van der Waals surface area contributed by atoms with Crippen molar-refractivity contribution in [2.75, 3.05) is 14.2 Å². The maximum absolute atomic E-state index is 5.78. The molecule has 0 fully saturated rings. The Labute approximate surface area is 114 Å². The predicted molar refractivity (Wildman–Crippen MR) is 74.1 cm³/mol. The highest BCUT2D eigenvalue weighted by molar-refractivity contribution is 7.13. The molecule has 0 N–H and O–H groups in total. The lowest BCUT2D eigenvalue weighted by atomic mass is 10.2. The molecular weight excluding hydrogens is 262 g/mol. The zero-order chi connectivity index (χ0) is 13.2. The second kappa shape index (κ2) is 5.13. The topological polar surface area (TPSA) is 44.5 Å². The molecule has 5 heteroatoms. The van der Waals surface area contributed by atoms with Crippen LogP contribution < -0.4 is 0 Å². The number of nitrogens with zero attached hydrogens (tertiary/aromatic N) is 1. The average Bonchev–Trinajstić information content (AvgIpc) is 3.06.